The molecule has 1 heterocycles. The van der Waals surface area contributed by atoms with Gasteiger partial charge in [-0.05, 0) is 36.8 Å². The first kappa shape index (κ1) is 13.1. The molecule has 0 bridgehead atoms. The maximum Gasteiger partial charge on any atom is 0.0620 e. The highest BCUT2D eigenvalue weighted by Crippen LogP contribution is 2.41. The fraction of sp³-hybridized carbons (Fsp3) is 0.625. The molecule has 0 radical (unpaired) electrons. The van der Waals surface area contributed by atoms with Crippen molar-refractivity contribution in [3.63, 3.8) is 0 Å². The molecule has 1 aromatic carbocycles. The van der Waals surface area contributed by atoms with Crippen molar-refractivity contribution in [2.75, 3.05) is 26.3 Å². The van der Waals surface area contributed by atoms with E-state index in [1.165, 1.54) is 24.0 Å². The Morgan fingerprint density at radius 3 is 2.95 bits per heavy atom. The van der Waals surface area contributed by atoms with Gasteiger partial charge in [-0.15, -0.1) is 0 Å². The minimum Gasteiger partial charge on any atom is -0.379 e. The minimum atomic E-state index is 0.331. The van der Waals surface area contributed by atoms with E-state index >= 15 is 0 Å². The molecule has 2 aliphatic rings. The van der Waals surface area contributed by atoms with E-state index in [0.717, 1.165) is 25.7 Å². The van der Waals surface area contributed by atoms with E-state index < -0.39 is 0 Å². The summed E-state index contributed by atoms with van der Waals surface area (Å²) in [5, 5.41) is 0. The van der Waals surface area contributed by atoms with Crippen LogP contribution in [-0.4, -0.2) is 37.2 Å². The van der Waals surface area contributed by atoms with Crippen LogP contribution in [0.2, 0.25) is 0 Å². The molecule has 3 nitrogen and oxygen atoms in total. The van der Waals surface area contributed by atoms with Gasteiger partial charge in [-0.25, -0.2) is 0 Å². The van der Waals surface area contributed by atoms with E-state index in [-0.39, 0.29) is 0 Å². The van der Waals surface area contributed by atoms with Gasteiger partial charge in [-0.1, -0.05) is 24.3 Å². The van der Waals surface area contributed by atoms with E-state index in [2.05, 4.69) is 36.1 Å². The first-order chi connectivity index (χ1) is 9.29. The molecule has 2 atom stereocenters. The molecule has 1 aliphatic heterocycles. The molecule has 2 fully saturated rings. The van der Waals surface area contributed by atoms with Gasteiger partial charge in [0.25, 0.3) is 0 Å². The van der Waals surface area contributed by atoms with Crippen LogP contribution in [0, 0.1) is 0 Å². The zero-order chi connectivity index (χ0) is 13.2. The molecule has 104 valence electrons. The highest BCUT2D eigenvalue weighted by molar-refractivity contribution is 5.31. The summed E-state index contributed by atoms with van der Waals surface area (Å²) in [6, 6.07) is 9.83. The number of benzene rings is 1. The summed E-state index contributed by atoms with van der Waals surface area (Å²) in [6.07, 6.45) is 2.70. The number of hydrogen-bond donors (Lipinski definition) is 1. The zero-order valence-corrected chi connectivity index (χ0v) is 11.7. The highest BCUT2D eigenvalue weighted by Gasteiger charge is 2.28. The van der Waals surface area contributed by atoms with Crippen LogP contribution in [-0.2, 0) is 4.74 Å². The second kappa shape index (κ2) is 5.61. The third-order valence-corrected chi connectivity index (χ3v) is 4.39. The number of nitrogens with zero attached hydrogens (tertiary/aromatic N) is 1. The minimum absolute atomic E-state index is 0.331. The lowest BCUT2D eigenvalue weighted by Gasteiger charge is -2.39. The lowest BCUT2D eigenvalue weighted by Crippen LogP contribution is -2.47. The Morgan fingerprint density at radius 1 is 1.42 bits per heavy atom. The van der Waals surface area contributed by atoms with Crippen LogP contribution in [0.4, 0.5) is 0 Å². The largest absolute Gasteiger partial charge is 0.379 e. The molecule has 3 heteroatoms. The molecule has 1 saturated heterocycles. The zero-order valence-electron chi connectivity index (χ0n) is 11.7. The summed E-state index contributed by atoms with van der Waals surface area (Å²) in [7, 11) is 0. The Morgan fingerprint density at radius 2 is 2.26 bits per heavy atom. The van der Waals surface area contributed by atoms with Gasteiger partial charge in [0.2, 0.25) is 0 Å². The number of nitrogens with two attached hydrogens (primary N) is 1. The smallest absolute Gasteiger partial charge is 0.0620 e. The van der Waals surface area contributed by atoms with Crippen molar-refractivity contribution in [3.8, 4) is 0 Å². The molecule has 2 unspecified atom stereocenters. The Bertz CT molecular complexity index is 431. The summed E-state index contributed by atoms with van der Waals surface area (Å²) in [5.74, 6) is 0.806. The van der Waals surface area contributed by atoms with E-state index in [9.17, 15) is 0 Å². The predicted molar refractivity (Wildman–Crippen MR) is 77.2 cm³/mol. The Hall–Kier alpha value is -0.900. The van der Waals surface area contributed by atoms with Crippen molar-refractivity contribution in [3.05, 3.63) is 35.4 Å². The molecule has 1 aliphatic carbocycles. The molecule has 1 aromatic rings. The van der Waals surface area contributed by atoms with Crippen molar-refractivity contribution in [2.45, 2.75) is 37.8 Å². The van der Waals surface area contributed by atoms with Crippen LogP contribution in [0.1, 0.15) is 42.9 Å². The molecule has 0 amide bonds. The van der Waals surface area contributed by atoms with Crippen LogP contribution in [0.15, 0.2) is 24.3 Å². The van der Waals surface area contributed by atoms with Crippen LogP contribution < -0.4 is 5.73 Å². The van der Waals surface area contributed by atoms with Crippen molar-refractivity contribution in [1.29, 1.82) is 0 Å². The first-order valence-electron chi connectivity index (χ1n) is 7.43. The summed E-state index contributed by atoms with van der Waals surface area (Å²) < 4.78 is 5.53. The topological polar surface area (TPSA) is 38.5 Å². The molecule has 2 N–H and O–H groups in total. The lowest BCUT2D eigenvalue weighted by atomic mass is 9.99. The summed E-state index contributed by atoms with van der Waals surface area (Å²) >= 11 is 0. The molecule has 19 heavy (non-hydrogen) atoms. The molecule has 0 spiro atoms. The van der Waals surface area contributed by atoms with Crippen LogP contribution >= 0.6 is 0 Å². The number of hydrogen-bond acceptors (Lipinski definition) is 3. The summed E-state index contributed by atoms with van der Waals surface area (Å²) in [6.45, 7) is 5.53. The van der Waals surface area contributed by atoms with Gasteiger partial charge in [0.15, 0.2) is 0 Å². The third kappa shape index (κ3) is 2.83. The standard InChI is InChI=1S/C16H24N2O/c1-12-11-19-8-7-18(12)16(10-17)15-4-2-3-14(9-15)13-5-6-13/h2-4,9,12-13,16H,5-8,10-11,17H2,1H3. The molecule has 0 aromatic heterocycles. The number of rotatable bonds is 4. The van der Waals surface area contributed by atoms with Crippen molar-refractivity contribution in [1.82, 2.24) is 4.90 Å². The Labute approximate surface area is 115 Å². The first-order valence-corrected chi connectivity index (χ1v) is 7.43. The molecule has 1 saturated carbocycles. The van der Waals surface area contributed by atoms with E-state index in [0.29, 0.717) is 18.6 Å². The van der Waals surface area contributed by atoms with Crippen LogP contribution in [0.3, 0.4) is 0 Å². The van der Waals surface area contributed by atoms with Gasteiger partial charge in [-0.2, -0.15) is 0 Å². The van der Waals surface area contributed by atoms with E-state index in [1.807, 2.05) is 0 Å². The van der Waals surface area contributed by atoms with Crippen LogP contribution in [0.25, 0.3) is 0 Å². The van der Waals surface area contributed by atoms with Crippen LogP contribution in [0.5, 0.6) is 0 Å². The summed E-state index contributed by atoms with van der Waals surface area (Å²) in [5.41, 5.74) is 8.93. The molecular weight excluding hydrogens is 236 g/mol. The van der Waals surface area contributed by atoms with Gasteiger partial charge in [0, 0.05) is 25.2 Å². The maximum absolute atomic E-state index is 6.06. The fourth-order valence-electron chi connectivity index (χ4n) is 3.10. The number of ether oxygens (including phenoxy) is 1. The van der Waals surface area contributed by atoms with Gasteiger partial charge >= 0.3 is 0 Å². The average molecular weight is 260 g/mol. The third-order valence-electron chi connectivity index (χ3n) is 4.39. The SMILES string of the molecule is CC1COCCN1C(CN)c1cccc(C2CC2)c1. The van der Waals surface area contributed by atoms with E-state index in [1.54, 1.807) is 0 Å². The second-order valence-corrected chi connectivity index (χ2v) is 5.86. The predicted octanol–water partition coefficient (Wildman–Crippen LogP) is 2.28. The quantitative estimate of drug-likeness (QED) is 0.902. The highest BCUT2D eigenvalue weighted by atomic mass is 16.5. The van der Waals surface area contributed by atoms with Crippen molar-refractivity contribution < 1.29 is 4.74 Å². The average Bonchev–Trinajstić information content (AvgIpc) is 3.27. The van der Waals surface area contributed by atoms with E-state index in [4.69, 9.17) is 10.5 Å². The van der Waals surface area contributed by atoms with Gasteiger partial charge in [0.05, 0.1) is 13.2 Å². The van der Waals surface area contributed by atoms with Gasteiger partial charge in [0.1, 0.15) is 0 Å². The Balaban J connectivity index is 1.82. The second-order valence-electron chi connectivity index (χ2n) is 5.86. The molecular formula is C16H24N2O. The summed E-state index contributed by atoms with van der Waals surface area (Å²) in [4.78, 5) is 2.50. The normalized spacial score (nSPS) is 26.3. The van der Waals surface area contributed by atoms with Crippen molar-refractivity contribution in [2.24, 2.45) is 5.73 Å². The molecule has 3 rings (SSSR count). The number of morpholine rings is 1. The van der Waals surface area contributed by atoms with Gasteiger partial charge < -0.3 is 10.5 Å². The lowest BCUT2D eigenvalue weighted by molar-refractivity contribution is -0.0209. The van der Waals surface area contributed by atoms with Gasteiger partial charge in [-0.3, -0.25) is 4.90 Å². The van der Waals surface area contributed by atoms with Crippen molar-refractivity contribution >= 4 is 0 Å². The Kier molecular flexibility index (Phi) is 3.87. The maximum atomic E-state index is 6.06. The monoisotopic (exact) mass is 260 g/mol. The fourth-order valence-corrected chi connectivity index (χ4v) is 3.10.